The van der Waals surface area contributed by atoms with Gasteiger partial charge >= 0.3 is 0 Å². The zero-order valence-corrected chi connectivity index (χ0v) is 7.91. The Bertz CT molecular complexity index is 153. The van der Waals surface area contributed by atoms with Gasteiger partial charge in [0, 0.05) is 26.2 Å². The third-order valence-electron chi connectivity index (χ3n) is 0.756. The van der Waals surface area contributed by atoms with Crippen LogP contribution in [0.5, 0.6) is 5.75 Å². The minimum absolute atomic E-state index is 0. The summed E-state index contributed by atoms with van der Waals surface area (Å²) in [5.41, 5.74) is 0. The topological polar surface area (TPSA) is 37.3 Å². The van der Waals surface area contributed by atoms with Gasteiger partial charge in [-0.1, -0.05) is 18.2 Å². The Balaban J connectivity index is 0. The van der Waals surface area contributed by atoms with E-state index in [4.69, 9.17) is 9.90 Å². The van der Waals surface area contributed by atoms with Gasteiger partial charge in [0.2, 0.25) is 0 Å². The number of para-hydroxylation sites is 1. The van der Waals surface area contributed by atoms with Crippen LogP contribution in [-0.2, 0) is 31.0 Å². The predicted octanol–water partition coefficient (Wildman–Crippen LogP) is 1.20. The van der Waals surface area contributed by atoms with Gasteiger partial charge in [0.05, 0.1) is 0 Å². The van der Waals surface area contributed by atoms with E-state index in [-0.39, 0.29) is 26.2 Å². The van der Waals surface area contributed by atoms with Crippen LogP contribution in [0, 0.1) is 0 Å². The summed E-state index contributed by atoms with van der Waals surface area (Å²) >= 11 is 0. The van der Waals surface area contributed by atoms with E-state index in [1.807, 2.05) is 12.9 Å². The van der Waals surface area contributed by atoms with Gasteiger partial charge in [0.15, 0.2) is 0 Å². The van der Waals surface area contributed by atoms with Crippen LogP contribution in [0.2, 0.25) is 0 Å². The Labute approximate surface area is 79.0 Å². The molecule has 0 spiro atoms. The number of benzene rings is 1. The zero-order chi connectivity index (χ0) is 7.11. The quantitative estimate of drug-likeness (QED) is 0.706. The SMILES string of the molecule is C=O.Oc1ccccc1.[Zr]. The van der Waals surface area contributed by atoms with E-state index in [2.05, 4.69) is 0 Å². The molecule has 0 radical (unpaired) electrons. The van der Waals surface area contributed by atoms with Gasteiger partial charge in [-0.25, -0.2) is 0 Å². The van der Waals surface area contributed by atoms with Gasteiger partial charge < -0.3 is 9.90 Å². The fourth-order valence-electron chi connectivity index (χ4n) is 0.428. The first kappa shape index (κ1) is 12.3. The van der Waals surface area contributed by atoms with E-state index in [1.165, 1.54) is 0 Å². The molecule has 0 aliphatic rings. The van der Waals surface area contributed by atoms with Crippen molar-refractivity contribution >= 4 is 6.79 Å². The van der Waals surface area contributed by atoms with Crippen LogP contribution in [0.15, 0.2) is 30.3 Å². The Kier molecular flexibility index (Phi) is 10.5. The molecule has 10 heavy (non-hydrogen) atoms. The first-order valence-electron chi connectivity index (χ1n) is 2.42. The van der Waals surface area contributed by atoms with Crippen LogP contribution in [0.25, 0.3) is 0 Å². The maximum atomic E-state index is 8.63. The van der Waals surface area contributed by atoms with Gasteiger partial charge in [-0.3, -0.25) is 0 Å². The van der Waals surface area contributed by atoms with Crippen molar-refractivity contribution in [3.8, 4) is 5.75 Å². The third-order valence-corrected chi connectivity index (χ3v) is 0.756. The Hall–Kier alpha value is -0.427. The van der Waals surface area contributed by atoms with Gasteiger partial charge in [-0.2, -0.15) is 0 Å². The van der Waals surface area contributed by atoms with E-state index < -0.39 is 0 Å². The molecule has 1 rings (SSSR count). The van der Waals surface area contributed by atoms with Crippen molar-refractivity contribution in [2.75, 3.05) is 0 Å². The summed E-state index contributed by atoms with van der Waals surface area (Å²) in [6, 6.07) is 8.71. The van der Waals surface area contributed by atoms with Crippen LogP contribution in [0.4, 0.5) is 0 Å². The number of hydrogen-bond donors (Lipinski definition) is 1. The second kappa shape index (κ2) is 8.57. The number of aromatic hydroxyl groups is 1. The van der Waals surface area contributed by atoms with E-state index in [0.29, 0.717) is 5.75 Å². The van der Waals surface area contributed by atoms with Gasteiger partial charge in [0.25, 0.3) is 0 Å². The summed E-state index contributed by atoms with van der Waals surface area (Å²) in [6.07, 6.45) is 0. The molecular weight excluding hydrogens is 207 g/mol. The largest absolute Gasteiger partial charge is 0.508 e. The minimum atomic E-state index is 0. The molecule has 1 N–H and O–H groups in total. The van der Waals surface area contributed by atoms with Crippen molar-refractivity contribution in [1.82, 2.24) is 0 Å². The van der Waals surface area contributed by atoms with E-state index in [1.54, 1.807) is 24.3 Å². The zero-order valence-electron chi connectivity index (χ0n) is 5.45. The molecule has 0 fully saturated rings. The summed E-state index contributed by atoms with van der Waals surface area (Å²) in [5, 5.41) is 8.63. The van der Waals surface area contributed by atoms with E-state index in [9.17, 15) is 0 Å². The molecule has 0 amide bonds. The molecule has 0 aliphatic heterocycles. The fraction of sp³-hybridized carbons (Fsp3) is 0. The Morgan fingerprint density at radius 2 is 1.50 bits per heavy atom. The molecule has 0 heterocycles. The molecule has 0 unspecified atom stereocenters. The number of carbonyl (C=O) groups is 1. The smallest absolute Gasteiger partial charge is 0.115 e. The molecule has 0 saturated heterocycles. The number of hydrogen-bond acceptors (Lipinski definition) is 2. The molecule has 3 heteroatoms. The molecule has 0 aliphatic carbocycles. The van der Waals surface area contributed by atoms with Crippen LogP contribution in [-0.4, -0.2) is 11.9 Å². The summed E-state index contributed by atoms with van der Waals surface area (Å²) in [6.45, 7) is 2.00. The van der Waals surface area contributed by atoms with Crippen molar-refractivity contribution in [3.05, 3.63) is 30.3 Å². The van der Waals surface area contributed by atoms with Crippen LogP contribution < -0.4 is 0 Å². The van der Waals surface area contributed by atoms with Crippen molar-refractivity contribution in [1.29, 1.82) is 0 Å². The predicted molar refractivity (Wildman–Crippen MR) is 35.2 cm³/mol. The van der Waals surface area contributed by atoms with Crippen molar-refractivity contribution in [2.45, 2.75) is 0 Å². The summed E-state index contributed by atoms with van der Waals surface area (Å²) < 4.78 is 0. The van der Waals surface area contributed by atoms with Crippen molar-refractivity contribution in [3.63, 3.8) is 0 Å². The van der Waals surface area contributed by atoms with Crippen LogP contribution in [0.1, 0.15) is 0 Å². The molecule has 2 nitrogen and oxygen atoms in total. The van der Waals surface area contributed by atoms with Crippen LogP contribution >= 0.6 is 0 Å². The normalized spacial score (nSPS) is 6.40. The van der Waals surface area contributed by atoms with Gasteiger partial charge in [-0.05, 0) is 12.1 Å². The maximum Gasteiger partial charge on any atom is 0.115 e. The van der Waals surface area contributed by atoms with Gasteiger partial charge in [0.1, 0.15) is 12.5 Å². The Morgan fingerprint density at radius 3 is 1.70 bits per heavy atom. The molecule has 0 saturated carbocycles. The average molecular weight is 215 g/mol. The first-order chi connectivity index (χ1) is 4.39. The molecule has 0 aromatic heterocycles. The molecule has 52 valence electrons. The van der Waals surface area contributed by atoms with Crippen molar-refractivity contribution in [2.24, 2.45) is 0 Å². The Morgan fingerprint density at radius 1 is 1.10 bits per heavy atom. The summed E-state index contributed by atoms with van der Waals surface area (Å²) in [7, 11) is 0. The summed E-state index contributed by atoms with van der Waals surface area (Å²) in [5.74, 6) is 0.322. The van der Waals surface area contributed by atoms with E-state index in [0.717, 1.165) is 0 Å². The molecule has 1 aromatic rings. The third kappa shape index (κ3) is 5.71. The number of rotatable bonds is 0. The van der Waals surface area contributed by atoms with E-state index >= 15 is 0 Å². The minimum Gasteiger partial charge on any atom is -0.508 e. The maximum absolute atomic E-state index is 8.63. The first-order valence-corrected chi connectivity index (χ1v) is 2.42. The molecule has 0 atom stereocenters. The molecular formula is C7H8O2Zr. The second-order valence-corrected chi connectivity index (χ2v) is 1.34. The molecule has 1 aromatic carbocycles. The second-order valence-electron chi connectivity index (χ2n) is 1.34. The number of phenols is 1. The number of phenolic OH excluding ortho intramolecular Hbond substituents is 1. The summed E-state index contributed by atoms with van der Waals surface area (Å²) in [4.78, 5) is 8.00. The monoisotopic (exact) mass is 214 g/mol. The average Bonchev–Trinajstić information content (AvgIpc) is 1.94. The van der Waals surface area contributed by atoms with Gasteiger partial charge in [-0.15, -0.1) is 0 Å². The van der Waals surface area contributed by atoms with Crippen LogP contribution in [0.3, 0.4) is 0 Å². The fourth-order valence-corrected chi connectivity index (χ4v) is 0.428. The molecule has 0 bridgehead atoms. The number of carbonyl (C=O) groups excluding carboxylic acids is 1. The standard InChI is InChI=1S/C6H6O.CH2O.Zr/c7-6-4-2-1-3-5-6;1-2;/h1-5,7H;1H2;. The van der Waals surface area contributed by atoms with Crippen molar-refractivity contribution < 1.29 is 36.1 Å².